The molecule has 0 heterocycles. The van der Waals surface area contributed by atoms with E-state index in [2.05, 4.69) is 4.90 Å². The summed E-state index contributed by atoms with van der Waals surface area (Å²) in [7, 11) is 1.62. The number of benzene rings is 2. The van der Waals surface area contributed by atoms with Gasteiger partial charge in [0.2, 0.25) is 5.91 Å². The molecule has 2 aromatic rings. The van der Waals surface area contributed by atoms with Crippen LogP contribution in [0.25, 0.3) is 0 Å². The first-order valence-electron chi connectivity index (χ1n) is 7.64. The summed E-state index contributed by atoms with van der Waals surface area (Å²) in [6.45, 7) is 1.64. The van der Waals surface area contributed by atoms with Crippen molar-refractivity contribution in [2.75, 3.05) is 31.7 Å². The van der Waals surface area contributed by atoms with Crippen molar-refractivity contribution in [3.63, 3.8) is 0 Å². The van der Waals surface area contributed by atoms with Crippen LogP contribution in [0.4, 0.5) is 5.69 Å². The van der Waals surface area contributed by atoms with Gasteiger partial charge in [-0.25, -0.2) is 0 Å². The predicted molar refractivity (Wildman–Crippen MR) is 96.0 cm³/mol. The number of amides is 1. The molecule has 0 saturated carbocycles. The first-order chi connectivity index (χ1) is 11.6. The number of halogens is 1. The molecule has 0 aliphatic carbocycles. The third-order valence-corrected chi connectivity index (χ3v) is 3.76. The van der Waals surface area contributed by atoms with Crippen LogP contribution in [0.1, 0.15) is 6.42 Å². The molecule has 24 heavy (non-hydrogen) atoms. The molecule has 2 aromatic carbocycles. The second-order valence-corrected chi connectivity index (χ2v) is 5.64. The van der Waals surface area contributed by atoms with Crippen LogP contribution in [0.2, 0.25) is 5.02 Å². The van der Waals surface area contributed by atoms with E-state index in [4.69, 9.17) is 26.8 Å². The number of anilines is 1. The van der Waals surface area contributed by atoms with E-state index in [9.17, 15) is 4.79 Å². The lowest BCUT2D eigenvalue weighted by Crippen LogP contribution is -2.31. The van der Waals surface area contributed by atoms with E-state index in [1.54, 1.807) is 19.2 Å². The Balaban J connectivity index is 1.96. The van der Waals surface area contributed by atoms with Crippen molar-refractivity contribution in [2.45, 2.75) is 6.42 Å². The van der Waals surface area contributed by atoms with Crippen molar-refractivity contribution in [1.29, 1.82) is 0 Å². The molecule has 6 heteroatoms. The second-order valence-electron chi connectivity index (χ2n) is 5.20. The maximum Gasteiger partial charge on any atom is 0.219 e. The molecule has 128 valence electrons. The molecular weight excluding hydrogens is 328 g/mol. The molecule has 0 aliphatic rings. The molecule has 0 fully saturated rings. The van der Waals surface area contributed by atoms with E-state index in [-0.39, 0.29) is 12.3 Å². The first kappa shape index (κ1) is 17.9. The summed E-state index contributed by atoms with van der Waals surface area (Å²) in [5.74, 6) is 1.21. The van der Waals surface area contributed by atoms with Gasteiger partial charge in [0.1, 0.15) is 18.1 Å². The molecule has 0 saturated heterocycles. The monoisotopic (exact) mass is 348 g/mol. The summed E-state index contributed by atoms with van der Waals surface area (Å²) in [4.78, 5) is 13.2. The van der Waals surface area contributed by atoms with Gasteiger partial charge in [-0.3, -0.25) is 4.79 Å². The average Bonchev–Trinajstić information content (AvgIpc) is 2.59. The van der Waals surface area contributed by atoms with Crippen LogP contribution in [0.15, 0.2) is 48.5 Å². The van der Waals surface area contributed by atoms with Crippen LogP contribution in [0, 0.1) is 0 Å². The number of nitrogens with zero attached hydrogens (tertiary/aromatic N) is 1. The Kier molecular flexibility index (Phi) is 6.75. The Morgan fingerprint density at radius 3 is 2.25 bits per heavy atom. The number of rotatable bonds is 9. The van der Waals surface area contributed by atoms with Gasteiger partial charge in [0.05, 0.1) is 13.7 Å². The minimum atomic E-state index is -0.327. The van der Waals surface area contributed by atoms with E-state index in [1.807, 2.05) is 36.4 Å². The van der Waals surface area contributed by atoms with Crippen LogP contribution in [0.5, 0.6) is 11.5 Å². The van der Waals surface area contributed by atoms with Crippen molar-refractivity contribution in [1.82, 2.24) is 0 Å². The van der Waals surface area contributed by atoms with E-state index in [0.717, 1.165) is 17.2 Å². The average molecular weight is 349 g/mol. The summed E-state index contributed by atoms with van der Waals surface area (Å²) in [6, 6.07) is 14.9. The van der Waals surface area contributed by atoms with Gasteiger partial charge in [0.15, 0.2) is 0 Å². The van der Waals surface area contributed by atoms with Crippen molar-refractivity contribution in [2.24, 2.45) is 5.73 Å². The molecule has 0 radical (unpaired) electrons. The SMILES string of the molecule is COc1ccc(N(CCOc2ccc(Cl)cc2)CCC(N)=O)cc1. The molecule has 0 spiro atoms. The zero-order valence-electron chi connectivity index (χ0n) is 13.6. The van der Waals surface area contributed by atoms with Gasteiger partial charge < -0.3 is 20.1 Å². The fourth-order valence-corrected chi connectivity index (χ4v) is 2.34. The van der Waals surface area contributed by atoms with E-state index >= 15 is 0 Å². The van der Waals surface area contributed by atoms with Crippen LogP contribution >= 0.6 is 11.6 Å². The third-order valence-electron chi connectivity index (χ3n) is 3.51. The number of hydrogen-bond donors (Lipinski definition) is 1. The summed E-state index contributed by atoms with van der Waals surface area (Å²) < 4.78 is 10.9. The summed E-state index contributed by atoms with van der Waals surface area (Å²) >= 11 is 5.85. The van der Waals surface area contributed by atoms with Gasteiger partial charge in [0, 0.05) is 23.7 Å². The van der Waals surface area contributed by atoms with Crippen LogP contribution in [-0.2, 0) is 4.79 Å². The number of carbonyl (C=O) groups is 1. The predicted octanol–water partition coefficient (Wildman–Crippen LogP) is 3.11. The Morgan fingerprint density at radius 1 is 1.04 bits per heavy atom. The van der Waals surface area contributed by atoms with Gasteiger partial charge in [-0.2, -0.15) is 0 Å². The minimum Gasteiger partial charge on any atom is -0.497 e. The molecule has 0 aromatic heterocycles. The topological polar surface area (TPSA) is 64.8 Å². The number of hydrogen-bond acceptors (Lipinski definition) is 4. The standard InChI is InChI=1S/C18H21ClN2O3/c1-23-16-8-4-15(5-9-16)21(11-10-18(20)22)12-13-24-17-6-2-14(19)3-7-17/h2-9H,10-13H2,1H3,(H2,20,22). The van der Waals surface area contributed by atoms with Crippen LogP contribution < -0.4 is 20.1 Å². The second kappa shape index (κ2) is 9.03. The molecule has 0 atom stereocenters. The highest BCUT2D eigenvalue weighted by molar-refractivity contribution is 6.30. The summed E-state index contributed by atoms with van der Waals surface area (Å²) in [6.07, 6.45) is 0.285. The zero-order chi connectivity index (χ0) is 17.4. The maximum atomic E-state index is 11.1. The van der Waals surface area contributed by atoms with Crippen molar-refractivity contribution in [3.05, 3.63) is 53.6 Å². The first-order valence-corrected chi connectivity index (χ1v) is 8.02. The normalized spacial score (nSPS) is 10.2. The maximum absolute atomic E-state index is 11.1. The van der Waals surface area contributed by atoms with Crippen molar-refractivity contribution < 1.29 is 14.3 Å². The van der Waals surface area contributed by atoms with Crippen molar-refractivity contribution in [3.8, 4) is 11.5 Å². The Hall–Kier alpha value is -2.40. The van der Waals surface area contributed by atoms with Crippen LogP contribution in [0.3, 0.4) is 0 Å². The highest BCUT2D eigenvalue weighted by Crippen LogP contribution is 2.20. The van der Waals surface area contributed by atoms with Gasteiger partial charge in [-0.15, -0.1) is 0 Å². The lowest BCUT2D eigenvalue weighted by atomic mass is 10.2. The van der Waals surface area contributed by atoms with E-state index < -0.39 is 0 Å². The Bertz CT molecular complexity index is 644. The van der Waals surface area contributed by atoms with Gasteiger partial charge in [-0.05, 0) is 48.5 Å². The molecule has 2 N–H and O–H groups in total. The fraction of sp³-hybridized carbons (Fsp3) is 0.278. The minimum absolute atomic E-state index is 0.285. The zero-order valence-corrected chi connectivity index (χ0v) is 14.3. The quantitative estimate of drug-likeness (QED) is 0.756. The van der Waals surface area contributed by atoms with E-state index in [1.165, 1.54) is 0 Å². The van der Waals surface area contributed by atoms with Gasteiger partial charge >= 0.3 is 0 Å². The molecule has 0 aliphatic heterocycles. The summed E-state index contributed by atoms with van der Waals surface area (Å²) in [5, 5.41) is 0.670. The fourth-order valence-electron chi connectivity index (χ4n) is 2.21. The Morgan fingerprint density at radius 2 is 1.67 bits per heavy atom. The number of ether oxygens (including phenoxy) is 2. The lowest BCUT2D eigenvalue weighted by molar-refractivity contribution is -0.117. The molecule has 0 bridgehead atoms. The Labute approximate surface area is 146 Å². The number of methoxy groups -OCH3 is 1. The molecule has 0 unspecified atom stereocenters. The number of nitrogens with two attached hydrogens (primary N) is 1. The number of primary amides is 1. The summed E-state index contributed by atoms with van der Waals surface area (Å²) in [5.41, 5.74) is 6.25. The van der Waals surface area contributed by atoms with Gasteiger partial charge in [0.25, 0.3) is 0 Å². The number of carbonyl (C=O) groups excluding carboxylic acids is 1. The van der Waals surface area contributed by atoms with Crippen molar-refractivity contribution >= 4 is 23.2 Å². The highest BCUT2D eigenvalue weighted by atomic mass is 35.5. The van der Waals surface area contributed by atoms with Crippen LogP contribution in [-0.4, -0.2) is 32.7 Å². The third kappa shape index (κ3) is 5.66. The lowest BCUT2D eigenvalue weighted by Gasteiger charge is -2.24. The highest BCUT2D eigenvalue weighted by Gasteiger charge is 2.09. The van der Waals surface area contributed by atoms with Gasteiger partial charge in [-0.1, -0.05) is 11.6 Å². The molecule has 1 amide bonds. The molecular formula is C18H21ClN2O3. The molecule has 5 nitrogen and oxygen atoms in total. The van der Waals surface area contributed by atoms with E-state index in [0.29, 0.717) is 24.7 Å². The largest absolute Gasteiger partial charge is 0.497 e. The molecule has 2 rings (SSSR count). The smallest absolute Gasteiger partial charge is 0.219 e.